The van der Waals surface area contributed by atoms with Crippen LogP contribution < -0.4 is 16.0 Å². The van der Waals surface area contributed by atoms with Gasteiger partial charge < -0.3 is 30.3 Å². The first-order chi connectivity index (χ1) is 16.0. The predicted octanol–water partition coefficient (Wildman–Crippen LogP) is 1.29. The quantitative estimate of drug-likeness (QED) is 0.526. The first kappa shape index (κ1) is 24.9. The van der Waals surface area contributed by atoms with E-state index in [4.69, 9.17) is 9.47 Å². The van der Waals surface area contributed by atoms with E-state index in [1.165, 1.54) is 0 Å². The van der Waals surface area contributed by atoms with Crippen molar-refractivity contribution in [3.05, 3.63) is 0 Å². The monoisotopic (exact) mass is 464 g/mol. The third-order valence-electron chi connectivity index (χ3n) is 8.60. The number of nitrogens with zero attached hydrogens (tertiary/aromatic N) is 1. The fourth-order valence-electron chi connectivity index (χ4n) is 6.60. The minimum absolute atomic E-state index is 0.0436. The summed E-state index contributed by atoms with van der Waals surface area (Å²) in [5, 5.41) is 10.7. The van der Waals surface area contributed by atoms with Gasteiger partial charge in [0, 0.05) is 50.7 Å². The van der Waals surface area contributed by atoms with Crippen LogP contribution in [0.15, 0.2) is 0 Å². The van der Waals surface area contributed by atoms with Crippen LogP contribution in [0.2, 0.25) is 0 Å². The van der Waals surface area contributed by atoms with Gasteiger partial charge >= 0.3 is 0 Å². The van der Waals surface area contributed by atoms with E-state index in [0.717, 1.165) is 38.6 Å². The van der Waals surface area contributed by atoms with Crippen LogP contribution in [-0.2, 0) is 19.1 Å². The third-order valence-corrected chi connectivity index (χ3v) is 8.60. The number of fused-ring (bicyclic) bond motifs is 1. The molecule has 4 aliphatic rings. The molecule has 2 amide bonds. The molecule has 3 heterocycles. The Bertz CT molecular complexity index is 671. The highest BCUT2D eigenvalue weighted by molar-refractivity contribution is 5.83. The van der Waals surface area contributed by atoms with Crippen LogP contribution in [0.25, 0.3) is 0 Å². The number of nitrogens with one attached hydrogen (secondary N) is 3. The van der Waals surface area contributed by atoms with Crippen molar-refractivity contribution in [2.24, 2.45) is 17.8 Å². The van der Waals surface area contributed by atoms with Crippen molar-refractivity contribution >= 4 is 11.8 Å². The minimum atomic E-state index is -0.186. The van der Waals surface area contributed by atoms with Crippen molar-refractivity contribution in [1.82, 2.24) is 20.9 Å². The van der Waals surface area contributed by atoms with Crippen LogP contribution in [0.1, 0.15) is 58.8 Å². The van der Waals surface area contributed by atoms with Gasteiger partial charge in [-0.05, 0) is 56.9 Å². The molecule has 0 bridgehead atoms. The Hall–Kier alpha value is -1.22. The number of carbonyl (C=O) groups excluding carboxylic acids is 2. The second-order valence-corrected chi connectivity index (χ2v) is 10.7. The second-order valence-electron chi connectivity index (χ2n) is 10.7. The van der Waals surface area contributed by atoms with Gasteiger partial charge in [-0.3, -0.25) is 9.59 Å². The highest BCUT2D eigenvalue weighted by Crippen LogP contribution is 2.38. The van der Waals surface area contributed by atoms with E-state index in [1.54, 1.807) is 7.11 Å². The summed E-state index contributed by atoms with van der Waals surface area (Å²) in [6.07, 6.45) is 6.71. The molecule has 4 rings (SSSR count). The van der Waals surface area contributed by atoms with Gasteiger partial charge in [0.15, 0.2) is 0 Å². The fourth-order valence-corrected chi connectivity index (χ4v) is 6.60. The topological polar surface area (TPSA) is 91.9 Å². The van der Waals surface area contributed by atoms with E-state index in [9.17, 15) is 9.59 Å². The molecular formula is C25H44N4O4. The van der Waals surface area contributed by atoms with E-state index in [-0.39, 0.29) is 36.0 Å². The van der Waals surface area contributed by atoms with Crippen LogP contribution in [0, 0.1) is 17.8 Å². The summed E-state index contributed by atoms with van der Waals surface area (Å²) in [6, 6.07) is 0.314. The zero-order valence-corrected chi connectivity index (χ0v) is 20.7. The molecule has 0 spiro atoms. The summed E-state index contributed by atoms with van der Waals surface area (Å²) < 4.78 is 11.1. The minimum Gasteiger partial charge on any atom is -0.381 e. The highest BCUT2D eigenvalue weighted by atomic mass is 16.5. The number of rotatable bonds is 7. The molecule has 0 aromatic carbocycles. The van der Waals surface area contributed by atoms with Gasteiger partial charge in [0.2, 0.25) is 11.8 Å². The molecule has 0 aromatic heterocycles. The molecule has 4 fully saturated rings. The number of ether oxygens (including phenoxy) is 2. The van der Waals surface area contributed by atoms with Gasteiger partial charge in [0.1, 0.15) is 0 Å². The fraction of sp³-hybridized carbons (Fsp3) is 0.920. The Labute approximate surface area is 198 Å². The Morgan fingerprint density at radius 2 is 1.94 bits per heavy atom. The second kappa shape index (κ2) is 11.5. The lowest BCUT2D eigenvalue weighted by Crippen LogP contribution is -2.58. The molecule has 3 saturated heterocycles. The highest BCUT2D eigenvalue weighted by Gasteiger charge is 2.46. The van der Waals surface area contributed by atoms with E-state index < -0.39 is 0 Å². The van der Waals surface area contributed by atoms with E-state index in [1.807, 2.05) is 4.90 Å². The van der Waals surface area contributed by atoms with Crippen LogP contribution in [0.3, 0.4) is 0 Å². The van der Waals surface area contributed by atoms with Gasteiger partial charge in [-0.2, -0.15) is 0 Å². The van der Waals surface area contributed by atoms with Crippen molar-refractivity contribution in [1.29, 1.82) is 0 Å². The molecule has 8 heteroatoms. The summed E-state index contributed by atoms with van der Waals surface area (Å²) >= 11 is 0. The zero-order chi connectivity index (χ0) is 23.4. The molecule has 33 heavy (non-hydrogen) atoms. The van der Waals surface area contributed by atoms with Gasteiger partial charge in [-0.15, -0.1) is 0 Å². The number of methoxy groups -OCH3 is 1. The number of hydrogen-bond donors (Lipinski definition) is 3. The first-order valence-corrected chi connectivity index (χ1v) is 13.2. The summed E-state index contributed by atoms with van der Waals surface area (Å²) in [5.41, 5.74) is 0. The van der Waals surface area contributed by atoms with Crippen molar-refractivity contribution in [2.75, 3.05) is 40.0 Å². The van der Waals surface area contributed by atoms with E-state index in [0.29, 0.717) is 62.9 Å². The average Bonchev–Trinajstić information content (AvgIpc) is 3.29. The average molecular weight is 465 g/mol. The van der Waals surface area contributed by atoms with Crippen molar-refractivity contribution in [2.45, 2.75) is 89.1 Å². The Kier molecular flexibility index (Phi) is 8.65. The third kappa shape index (κ3) is 5.89. The molecule has 1 saturated carbocycles. The normalized spacial score (nSPS) is 37.9. The van der Waals surface area contributed by atoms with E-state index in [2.05, 4.69) is 29.8 Å². The Morgan fingerprint density at radius 1 is 1.15 bits per heavy atom. The van der Waals surface area contributed by atoms with Crippen LogP contribution in [0.4, 0.5) is 0 Å². The molecule has 3 N–H and O–H groups in total. The van der Waals surface area contributed by atoms with Gasteiger partial charge in [-0.25, -0.2) is 0 Å². The molecule has 1 aliphatic carbocycles. The van der Waals surface area contributed by atoms with Crippen molar-refractivity contribution in [3.63, 3.8) is 0 Å². The summed E-state index contributed by atoms with van der Waals surface area (Å²) in [5.74, 6) is 1.67. The van der Waals surface area contributed by atoms with Crippen LogP contribution in [-0.4, -0.2) is 86.9 Å². The van der Waals surface area contributed by atoms with E-state index >= 15 is 0 Å². The maximum atomic E-state index is 13.4. The van der Waals surface area contributed by atoms with Crippen molar-refractivity contribution in [3.8, 4) is 0 Å². The lowest BCUT2D eigenvalue weighted by atomic mass is 9.76. The van der Waals surface area contributed by atoms with Gasteiger partial charge in [-0.1, -0.05) is 13.8 Å². The van der Waals surface area contributed by atoms with Crippen LogP contribution >= 0.6 is 0 Å². The smallest absolute Gasteiger partial charge is 0.237 e. The SMILES string of the molecule is COC1CCC(C)C2NC(C(=O)NC(CCC(=O)N3CCOCC3)C3NCCCC3C)CC12. The maximum absolute atomic E-state index is 13.4. The number of piperidine rings is 1. The molecule has 8 atom stereocenters. The van der Waals surface area contributed by atoms with Crippen molar-refractivity contribution < 1.29 is 19.1 Å². The summed E-state index contributed by atoms with van der Waals surface area (Å²) in [6.45, 7) is 8.08. The Balaban J connectivity index is 1.39. The molecule has 0 radical (unpaired) electrons. The zero-order valence-electron chi connectivity index (χ0n) is 20.7. The lowest BCUT2D eigenvalue weighted by Gasteiger charge is -2.37. The molecule has 8 nitrogen and oxygen atoms in total. The molecule has 3 aliphatic heterocycles. The lowest BCUT2D eigenvalue weighted by molar-refractivity contribution is -0.135. The molecule has 0 aromatic rings. The summed E-state index contributed by atoms with van der Waals surface area (Å²) in [7, 11) is 1.79. The predicted molar refractivity (Wildman–Crippen MR) is 127 cm³/mol. The number of amides is 2. The Morgan fingerprint density at radius 3 is 2.67 bits per heavy atom. The number of carbonyl (C=O) groups is 2. The maximum Gasteiger partial charge on any atom is 0.237 e. The standard InChI is InChI=1S/C25H44N4O4/c1-16-5-4-10-26-24(16)19(7-9-22(30)29-11-13-33-14-12-29)28-25(31)20-15-18-21(32-3)8-6-17(2)23(18)27-20/h16-21,23-24,26-27H,4-15H2,1-3H3,(H,28,31). The number of morpholine rings is 1. The molecule has 8 unspecified atom stereocenters. The number of hydrogen-bond acceptors (Lipinski definition) is 6. The van der Waals surface area contributed by atoms with Gasteiger partial charge in [0.05, 0.1) is 25.4 Å². The van der Waals surface area contributed by atoms with Crippen LogP contribution in [0.5, 0.6) is 0 Å². The van der Waals surface area contributed by atoms with Gasteiger partial charge in [0.25, 0.3) is 0 Å². The largest absolute Gasteiger partial charge is 0.381 e. The first-order valence-electron chi connectivity index (χ1n) is 13.2. The molecule has 188 valence electrons. The summed E-state index contributed by atoms with van der Waals surface area (Å²) in [4.78, 5) is 28.1. The molecular weight excluding hydrogens is 420 g/mol.